The van der Waals surface area contributed by atoms with Crippen LogP contribution in [0.1, 0.15) is 41.0 Å². The third-order valence-electron chi connectivity index (χ3n) is 3.43. The van der Waals surface area contributed by atoms with Crippen LogP contribution in [0.2, 0.25) is 0 Å². The average Bonchev–Trinajstić information content (AvgIpc) is 2.26. The van der Waals surface area contributed by atoms with Crippen molar-refractivity contribution in [2.75, 3.05) is 40.3 Å². The molecule has 0 bridgehead atoms. The number of nitrogens with zero attached hydrogens (tertiary/aromatic N) is 2. The summed E-state index contributed by atoms with van der Waals surface area (Å²) >= 11 is 0. The molecule has 0 spiro atoms. The lowest BCUT2D eigenvalue weighted by atomic mass is 10.1. The Morgan fingerprint density at radius 2 is 1.61 bits per heavy atom. The van der Waals surface area contributed by atoms with Crippen LogP contribution in [0.3, 0.4) is 0 Å². The van der Waals surface area contributed by atoms with E-state index in [0.29, 0.717) is 12.1 Å². The van der Waals surface area contributed by atoms with Gasteiger partial charge in [0, 0.05) is 25.2 Å². The fraction of sp³-hybridized carbons (Fsp3) is 1.00. The van der Waals surface area contributed by atoms with Crippen LogP contribution >= 0.6 is 0 Å². The summed E-state index contributed by atoms with van der Waals surface area (Å²) in [5.74, 6) is 0.733. The first-order valence-corrected chi connectivity index (χ1v) is 7.53. The number of rotatable bonds is 10. The zero-order valence-electron chi connectivity index (χ0n) is 13.7. The van der Waals surface area contributed by atoms with E-state index < -0.39 is 0 Å². The van der Waals surface area contributed by atoms with E-state index in [4.69, 9.17) is 0 Å². The molecule has 0 radical (unpaired) electrons. The minimum absolute atomic E-state index is 0.621. The lowest BCUT2D eigenvalue weighted by Crippen LogP contribution is -2.49. The fourth-order valence-corrected chi connectivity index (χ4v) is 2.60. The summed E-state index contributed by atoms with van der Waals surface area (Å²) in [5, 5.41) is 3.60. The predicted octanol–water partition coefficient (Wildman–Crippen LogP) is 2.28. The van der Waals surface area contributed by atoms with E-state index in [1.165, 1.54) is 6.42 Å². The molecule has 2 unspecified atom stereocenters. The van der Waals surface area contributed by atoms with E-state index in [0.717, 1.165) is 32.1 Å². The van der Waals surface area contributed by atoms with E-state index >= 15 is 0 Å². The van der Waals surface area contributed by atoms with E-state index in [1.54, 1.807) is 0 Å². The lowest BCUT2D eigenvalue weighted by molar-refractivity contribution is 0.122. The molecule has 0 aliphatic heterocycles. The largest absolute Gasteiger partial charge is 0.315 e. The van der Waals surface area contributed by atoms with Gasteiger partial charge in [-0.25, -0.2) is 0 Å². The second kappa shape index (κ2) is 9.76. The Hall–Kier alpha value is -0.120. The predicted molar refractivity (Wildman–Crippen MR) is 82.2 cm³/mol. The van der Waals surface area contributed by atoms with Crippen LogP contribution in [0.5, 0.6) is 0 Å². The molecule has 0 aromatic heterocycles. The standard InChI is InChI=1S/C15H35N3/c1-8-15(11-16-10-13(3)4)18(9-2)14(5)12-17(6)7/h13-16H,8-12H2,1-7H3. The van der Waals surface area contributed by atoms with Crippen LogP contribution in [0.15, 0.2) is 0 Å². The van der Waals surface area contributed by atoms with Crippen molar-refractivity contribution in [2.24, 2.45) is 5.92 Å². The third-order valence-corrected chi connectivity index (χ3v) is 3.43. The minimum atomic E-state index is 0.621. The van der Waals surface area contributed by atoms with Crippen molar-refractivity contribution in [3.63, 3.8) is 0 Å². The van der Waals surface area contributed by atoms with Gasteiger partial charge >= 0.3 is 0 Å². The Bertz CT molecular complexity index is 192. The third kappa shape index (κ3) is 7.34. The summed E-state index contributed by atoms with van der Waals surface area (Å²) in [6.07, 6.45) is 1.22. The summed E-state index contributed by atoms with van der Waals surface area (Å²) in [6, 6.07) is 1.28. The average molecular weight is 257 g/mol. The number of likely N-dealkylation sites (N-methyl/N-ethyl adjacent to an activating group) is 2. The highest BCUT2D eigenvalue weighted by atomic mass is 15.2. The Kier molecular flexibility index (Phi) is 9.70. The van der Waals surface area contributed by atoms with Gasteiger partial charge in [-0.15, -0.1) is 0 Å². The van der Waals surface area contributed by atoms with Crippen LogP contribution in [0.4, 0.5) is 0 Å². The van der Waals surface area contributed by atoms with Crippen molar-refractivity contribution < 1.29 is 0 Å². The Labute approximate surface area is 115 Å². The zero-order valence-corrected chi connectivity index (χ0v) is 13.7. The van der Waals surface area contributed by atoms with Gasteiger partial charge < -0.3 is 10.2 Å². The van der Waals surface area contributed by atoms with Crippen LogP contribution in [-0.2, 0) is 0 Å². The van der Waals surface area contributed by atoms with Crippen molar-refractivity contribution >= 4 is 0 Å². The molecule has 0 fully saturated rings. The highest BCUT2D eigenvalue weighted by Crippen LogP contribution is 2.09. The van der Waals surface area contributed by atoms with Crippen molar-refractivity contribution in [1.82, 2.24) is 15.1 Å². The first-order chi connectivity index (χ1) is 8.42. The molecule has 0 heterocycles. The topological polar surface area (TPSA) is 18.5 Å². The molecule has 0 aromatic carbocycles. The fourth-order valence-electron chi connectivity index (χ4n) is 2.60. The Balaban J connectivity index is 4.28. The van der Waals surface area contributed by atoms with Gasteiger partial charge in [-0.3, -0.25) is 4.90 Å². The lowest BCUT2D eigenvalue weighted by Gasteiger charge is -2.36. The molecule has 0 amide bonds. The quantitative estimate of drug-likeness (QED) is 0.648. The summed E-state index contributed by atoms with van der Waals surface area (Å²) in [4.78, 5) is 4.91. The van der Waals surface area contributed by atoms with Gasteiger partial charge in [-0.2, -0.15) is 0 Å². The molecule has 1 N–H and O–H groups in total. The molecular formula is C15H35N3. The van der Waals surface area contributed by atoms with Crippen LogP contribution in [0, 0.1) is 5.92 Å². The smallest absolute Gasteiger partial charge is 0.0221 e. The van der Waals surface area contributed by atoms with Crippen molar-refractivity contribution in [3.8, 4) is 0 Å². The maximum Gasteiger partial charge on any atom is 0.0221 e. The van der Waals surface area contributed by atoms with Gasteiger partial charge in [0.1, 0.15) is 0 Å². The van der Waals surface area contributed by atoms with Crippen LogP contribution < -0.4 is 5.32 Å². The molecule has 18 heavy (non-hydrogen) atoms. The van der Waals surface area contributed by atoms with Gasteiger partial charge in [0.05, 0.1) is 0 Å². The maximum atomic E-state index is 3.60. The first kappa shape index (κ1) is 17.9. The molecule has 0 saturated carbocycles. The maximum absolute atomic E-state index is 3.60. The highest BCUT2D eigenvalue weighted by molar-refractivity contribution is 4.78. The molecule has 2 atom stereocenters. The van der Waals surface area contributed by atoms with E-state index in [9.17, 15) is 0 Å². The van der Waals surface area contributed by atoms with Gasteiger partial charge in [0.2, 0.25) is 0 Å². The first-order valence-electron chi connectivity index (χ1n) is 7.53. The van der Waals surface area contributed by atoms with Gasteiger partial charge in [0.25, 0.3) is 0 Å². The van der Waals surface area contributed by atoms with E-state index in [-0.39, 0.29) is 0 Å². The number of hydrogen-bond donors (Lipinski definition) is 1. The normalized spacial score (nSPS) is 15.7. The monoisotopic (exact) mass is 257 g/mol. The van der Waals surface area contributed by atoms with Crippen LogP contribution in [-0.4, -0.2) is 62.2 Å². The highest BCUT2D eigenvalue weighted by Gasteiger charge is 2.20. The summed E-state index contributed by atoms with van der Waals surface area (Å²) in [5.41, 5.74) is 0. The molecule has 0 aliphatic rings. The van der Waals surface area contributed by atoms with Crippen molar-refractivity contribution in [3.05, 3.63) is 0 Å². The Morgan fingerprint density at radius 1 is 1.00 bits per heavy atom. The van der Waals surface area contributed by atoms with Gasteiger partial charge in [-0.1, -0.05) is 27.7 Å². The Morgan fingerprint density at radius 3 is 2.00 bits per heavy atom. The second-order valence-electron chi connectivity index (χ2n) is 6.06. The van der Waals surface area contributed by atoms with Crippen molar-refractivity contribution in [2.45, 2.75) is 53.1 Å². The molecular weight excluding hydrogens is 222 g/mol. The SMILES string of the molecule is CCC(CNCC(C)C)N(CC)C(C)CN(C)C. The minimum Gasteiger partial charge on any atom is -0.315 e. The molecule has 0 rings (SSSR count). The summed E-state index contributed by atoms with van der Waals surface area (Å²) in [6.45, 7) is 15.9. The van der Waals surface area contributed by atoms with Crippen LogP contribution in [0.25, 0.3) is 0 Å². The number of nitrogens with one attached hydrogen (secondary N) is 1. The molecule has 0 aliphatic carbocycles. The molecule has 0 saturated heterocycles. The number of hydrogen-bond acceptors (Lipinski definition) is 3. The zero-order chi connectivity index (χ0) is 14.1. The van der Waals surface area contributed by atoms with Gasteiger partial charge in [0.15, 0.2) is 0 Å². The van der Waals surface area contributed by atoms with Crippen molar-refractivity contribution in [1.29, 1.82) is 0 Å². The molecule has 110 valence electrons. The molecule has 3 nitrogen and oxygen atoms in total. The van der Waals surface area contributed by atoms with Gasteiger partial charge in [-0.05, 0) is 46.4 Å². The second-order valence-corrected chi connectivity index (χ2v) is 6.06. The van der Waals surface area contributed by atoms with E-state index in [2.05, 4.69) is 63.8 Å². The summed E-state index contributed by atoms with van der Waals surface area (Å²) < 4.78 is 0. The molecule has 0 aromatic rings. The molecule has 3 heteroatoms. The van der Waals surface area contributed by atoms with E-state index in [1.807, 2.05) is 0 Å². The summed E-state index contributed by atoms with van der Waals surface area (Å²) in [7, 11) is 4.31.